The zero-order valence-electron chi connectivity index (χ0n) is 9.49. The van der Waals surface area contributed by atoms with E-state index in [4.69, 9.17) is 0 Å². The first kappa shape index (κ1) is 12.7. The summed E-state index contributed by atoms with van der Waals surface area (Å²) < 4.78 is 38.1. The first-order valence-electron chi connectivity index (χ1n) is 5.41. The Hall–Kier alpha value is -1.79. The summed E-state index contributed by atoms with van der Waals surface area (Å²) >= 11 is 0. The number of nitrogens with zero attached hydrogens (tertiary/aromatic N) is 1. The zero-order chi connectivity index (χ0) is 13.5. The van der Waals surface area contributed by atoms with E-state index in [0.717, 1.165) is 18.6 Å². The number of alkyl halides is 3. The number of hydrogen-bond donors (Lipinski definition) is 1. The van der Waals surface area contributed by atoms with E-state index in [1.807, 2.05) is 6.92 Å². The summed E-state index contributed by atoms with van der Waals surface area (Å²) in [6.07, 6.45) is -3.83. The molecule has 7 heteroatoms. The Kier molecular flexibility index (Phi) is 2.92. The number of nitro groups is 1. The summed E-state index contributed by atoms with van der Waals surface area (Å²) in [4.78, 5) is 9.53. The molecule has 2 rings (SSSR count). The molecule has 2 atom stereocenters. The molecule has 0 spiro atoms. The van der Waals surface area contributed by atoms with Crippen LogP contribution < -0.4 is 5.32 Å². The van der Waals surface area contributed by atoms with Gasteiger partial charge in [0.15, 0.2) is 0 Å². The second-order valence-electron chi connectivity index (χ2n) is 4.45. The summed E-state index contributed by atoms with van der Waals surface area (Å²) in [5.74, 6) is 0.425. The van der Waals surface area contributed by atoms with Gasteiger partial charge >= 0.3 is 6.18 Å². The van der Waals surface area contributed by atoms with Crippen LogP contribution in [0.3, 0.4) is 0 Å². The standard InChI is InChI=1S/C11H11F3N2O2/c1-6-4-9(6)15-7-2-3-10(16(17)18)8(5-7)11(12,13)14/h2-3,5-6,9,15H,4H2,1H3. The summed E-state index contributed by atoms with van der Waals surface area (Å²) in [5, 5.41) is 13.5. The van der Waals surface area contributed by atoms with Gasteiger partial charge in [-0.05, 0) is 24.5 Å². The molecule has 0 radical (unpaired) electrons. The van der Waals surface area contributed by atoms with Gasteiger partial charge in [0.05, 0.1) is 4.92 Å². The molecular weight excluding hydrogens is 249 g/mol. The minimum atomic E-state index is -4.73. The van der Waals surface area contributed by atoms with Crippen LogP contribution in [0.5, 0.6) is 0 Å². The van der Waals surface area contributed by atoms with Crippen molar-refractivity contribution in [3.05, 3.63) is 33.9 Å². The van der Waals surface area contributed by atoms with E-state index in [-0.39, 0.29) is 11.7 Å². The Morgan fingerprint density at radius 2 is 2.06 bits per heavy atom. The maximum absolute atomic E-state index is 12.7. The van der Waals surface area contributed by atoms with E-state index in [9.17, 15) is 23.3 Å². The van der Waals surface area contributed by atoms with Crippen molar-refractivity contribution in [3.8, 4) is 0 Å². The van der Waals surface area contributed by atoms with Gasteiger partial charge in [-0.2, -0.15) is 13.2 Å². The lowest BCUT2D eigenvalue weighted by atomic mass is 10.1. The molecule has 4 nitrogen and oxygen atoms in total. The minimum absolute atomic E-state index is 0.160. The molecule has 1 aliphatic rings. The third-order valence-corrected chi connectivity index (χ3v) is 2.96. The molecular formula is C11H11F3N2O2. The summed E-state index contributed by atoms with van der Waals surface area (Å²) in [6, 6.07) is 3.15. The highest BCUT2D eigenvalue weighted by Gasteiger charge is 2.39. The van der Waals surface area contributed by atoms with Gasteiger partial charge < -0.3 is 5.32 Å². The maximum Gasteiger partial charge on any atom is 0.423 e. The van der Waals surface area contributed by atoms with Gasteiger partial charge in [0.2, 0.25) is 0 Å². The second-order valence-corrected chi connectivity index (χ2v) is 4.45. The Morgan fingerprint density at radius 3 is 2.50 bits per heavy atom. The van der Waals surface area contributed by atoms with Crippen molar-refractivity contribution in [1.82, 2.24) is 0 Å². The quantitative estimate of drug-likeness (QED) is 0.669. The van der Waals surface area contributed by atoms with Crippen LogP contribution in [0.15, 0.2) is 18.2 Å². The molecule has 0 aromatic heterocycles. The molecule has 1 fully saturated rings. The third kappa shape index (κ3) is 2.55. The van der Waals surface area contributed by atoms with Crippen molar-refractivity contribution in [2.75, 3.05) is 5.32 Å². The average molecular weight is 260 g/mol. The maximum atomic E-state index is 12.7. The normalized spacial score (nSPS) is 22.7. The van der Waals surface area contributed by atoms with Crippen LogP contribution in [-0.2, 0) is 6.18 Å². The smallest absolute Gasteiger partial charge is 0.382 e. The van der Waals surface area contributed by atoms with Crippen LogP contribution >= 0.6 is 0 Å². The topological polar surface area (TPSA) is 55.2 Å². The molecule has 1 aromatic carbocycles. The van der Waals surface area contributed by atoms with Crippen LogP contribution in [0, 0.1) is 16.0 Å². The number of nitrogens with one attached hydrogen (secondary N) is 1. The lowest BCUT2D eigenvalue weighted by Crippen LogP contribution is -2.11. The molecule has 98 valence electrons. The SMILES string of the molecule is CC1CC1Nc1ccc([N+](=O)[O-])c(C(F)(F)F)c1. The summed E-state index contributed by atoms with van der Waals surface area (Å²) in [6.45, 7) is 1.98. The molecule has 0 saturated heterocycles. The minimum Gasteiger partial charge on any atom is -0.382 e. The molecule has 1 aliphatic carbocycles. The van der Waals surface area contributed by atoms with E-state index in [0.29, 0.717) is 5.92 Å². The molecule has 0 bridgehead atoms. The highest BCUT2D eigenvalue weighted by molar-refractivity contribution is 5.56. The Bertz CT molecular complexity index is 488. The molecule has 1 N–H and O–H groups in total. The van der Waals surface area contributed by atoms with Crippen molar-refractivity contribution in [3.63, 3.8) is 0 Å². The predicted octanol–water partition coefficient (Wildman–Crippen LogP) is 3.43. The van der Waals surface area contributed by atoms with Crippen LogP contribution in [0.1, 0.15) is 18.9 Å². The number of rotatable bonds is 3. The van der Waals surface area contributed by atoms with E-state index in [1.54, 1.807) is 0 Å². The van der Waals surface area contributed by atoms with E-state index in [1.165, 1.54) is 6.07 Å². The Balaban J connectivity index is 2.33. The number of hydrogen-bond acceptors (Lipinski definition) is 3. The number of anilines is 1. The van der Waals surface area contributed by atoms with Crippen LogP contribution in [0.4, 0.5) is 24.5 Å². The van der Waals surface area contributed by atoms with Crippen molar-refractivity contribution in [2.45, 2.75) is 25.6 Å². The van der Waals surface area contributed by atoms with Crippen LogP contribution in [-0.4, -0.2) is 11.0 Å². The highest BCUT2D eigenvalue weighted by Crippen LogP contribution is 2.39. The molecule has 0 amide bonds. The molecule has 0 heterocycles. The molecule has 0 aliphatic heterocycles. The van der Waals surface area contributed by atoms with Crippen LogP contribution in [0.25, 0.3) is 0 Å². The number of halogens is 3. The van der Waals surface area contributed by atoms with Crippen molar-refractivity contribution < 1.29 is 18.1 Å². The van der Waals surface area contributed by atoms with Gasteiger partial charge in [0, 0.05) is 17.8 Å². The fraction of sp³-hybridized carbons (Fsp3) is 0.455. The lowest BCUT2D eigenvalue weighted by molar-refractivity contribution is -0.388. The Labute approximate surface area is 101 Å². The van der Waals surface area contributed by atoms with Gasteiger partial charge in [0.25, 0.3) is 5.69 Å². The average Bonchev–Trinajstić information content (AvgIpc) is 2.92. The van der Waals surface area contributed by atoms with Gasteiger partial charge in [-0.15, -0.1) is 0 Å². The van der Waals surface area contributed by atoms with Gasteiger partial charge in [-0.1, -0.05) is 6.92 Å². The monoisotopic (exact) mass is 260 g/mol. The largest absolute Gasteiger partial charge is 0.423 e. The van der Waals surface area contributed by atoms with Gasteiger partial charge in [-0.3, -0.25) is 10.1 Å². The molecule has 2 unspecified atom stereocenters. The van der Waals surface area contributed by atoms with E-state index in [2.05, 4.69) is 5.32 Å². The number of nitro benzene ring substituents is 1. The van der Waals surface area contributed by atoms with Crippen molar-refractivity contribution in [1.29, 1.82) is 0 Å². The van der Waals surface area contributed by atoms with Gasteiger partial charge in [-0.25, -0.2) is 0 Å². The Morgan fingerprint density at radius 1 is 1.44 bits per heavy atom. The fourth-order valence-electron chi connectivity index (χ4n) is 1.75. The van der Waals surface area contributed by atoms with E-state index >= 15 is 0 Å². The van der Waals surface area contributed by atoms with Crippen molar-refractivity contribution in [2.24, 2.45) is 5.92 Å². The molecule has 1 saturated carbocycles. The highest BCUT2D eigenvalue weighted by atomic mass is 19.4. The fourth-order valence-corrected chi connectivity index (χ4v) is 1.75. The number of benzene rings is 1. The summed E-state index contributed by atoms with van der Waals surface area (Å²) in [5.41, 5.74) is -1.87. The summed E-state index contributed by atoms with van der Waals surface area (Å²) in [7, 11) is 0. The second kappa shape index (κ2) is 4.15. The predicted molar refractivity (Wildman–Crippen MR) is 59.3 cm³/mol. The molecule has 18 heavy (non-hydrogen) atoms. The lowest BCUT2D eigenvalue weighted by Gasteiger charge is -2.10. The van der Waals surface area contributed by atoms with Crippen molar-refractivity contribution >= 4 is 11.4 Å². The first-order chi connectivity index (χ1) is 8.29. The van der Waals surface area contributed by atoms with Gasteiger partial charge in [0.1, 0.15) is 5.56 Å². The zero-order valence-corrected chi connectivity index (χ0v) is 9.49. The molecule has 1 aromatic rings. The third-order valence-electron chi connectivity index (χ3n) is 2.96. The van der Waals surface area contributed by atoms with E-state index < -0.39 is 22.4 Å². The first-order valence-corrected chi connectivity index (χ1v) is 5.41. The van der Waals surface area contributed by atoms with Crippen LogP contribution in [0.2, 0.25) is 0 Å².